The molecule has 9 heteroatoms. The number of rotatable bonds is 6. The van der Waals surface area contributed by atoms with Crippen LogP contribution in [0.4, 0.5) is 5.13 Å². The van der Waals surface area contributed by atoms with Crippen LogP contribution in [0.15, 0.2) is 41.3 Å². The average molecular weight is 452 g/mol. The van der Waals surface area contributed by atoms with Crippen molar-refractivity contribution >= 4 is 54.0 Å². The molecule has 0 aliphatic heterocycles. The summed E-state index contributed by atoms with van der Waals surface area (Å²) in [4.78, 5) is 21.6. The fourth-order valence-electron chi connectivity index (χ4n) is 2.90. The van der Waals surface area contributed by atoms with Gasteiger partial charge in [-0.05, 0) is 44.8 Å². The highest BCUT2D eigenvalue weighted by Gasteiger charge is 2.26. The minimum Gasteiger partial charge on any atom is -0.308 e. The van der Waals surface area contributed by atoms with Crippen molar-refractivity contribution in [3.63, 3.8) is 0 Å². The number of aromatic nitrogens is 1. The third-order valence-electron chi connectivity index (χ3n) is 4.45. The zero-order valence-corrected chi connectivity index (χ0v) is 19.0. The van der Waals surface area contributed by atoms with E-state index in [9.17, 15) is 13.2 Å². The maximum Gasteiger partial charge on any atom is 0.261 e. The first-order valence-electron chi connectivity index (χ1n) is 8.91. The molecular formula is C20H22ClN3O3S2. The summed E-state index contributed by atoms with van der Waals surface area (Å²) in [5, 5.41) is 1.07. The molecule has 0 radical (unpaired) electrons. The molecule has 0 atom stereocenters. The summed E-state index contributed by atoms with van der Waals surface area (Å²) in [5.74, 6) is -0.402. The summed E-state index contributed by atoms with van der Waals surface area (Å²) < 4.78 is 25.2. The molecule has 0 saturated carbocycles. The number of halogens is 1. The van der Waals surface area contributed by atoms with E-state index in [1.807, 2.05) is 38.1 Å². The van der Waals surface area contributed by atoms with Gasteiger partial charge in [0.2, 0.25) is 0 Å². The molecule has 3 aromatic rings. The van der Waals surface area contributed by atoms with Crippen molar-refractivity contribution in [3.05, 3.63) is 52.5 Å². The molecule has 2 aromatic carbocycles. The molecule has 0 saturated heterocycles. The predicted molar refractivity (Wildman–Crippen MR) is 119 cm³/mol. The highest BCUT2D eigenvalue weighted by molar-refractivity contribution is 7.90. The smallest absolute Gasteiger partial charge is 0.261 e. The number of carbonyl (C=O) groups excluding carboxylic acids is 1. The van der Waals surface area contributed by atoms with Gasteiger partial charge in [0.15, 0.2) is 15.0 Å². The second-order valence-electron chi connectivity index (χ2n) is 7.07. The van der Waals surface area contributed by atoms with Crippen molar-refractivity contribution in [3.8, 4) is 0 Å². The Balaban J connectivity index is 2.13. The van der Waals surface area contributed by atoms with E-state index < -0.39 is 15.7 Å². The number of amides is 1. The summed E-state index contributed by atoms with van der Waals surface area (Å²) in [7, 11) is 0.259. The summed E-state index contributed by atoms with van der Waals surface area (Å²) in [6.45, 7) is 2.89. The lowest BCUT2D eigenvalue weighted by Gasteiger charge is -2.22. The van der Waals surface area contributed by atoms with Gasteiger partial charge in [-0.15, -0.1) is 0 Å². The quantitative estimate of drug-likeness (QED) is 0.569. The van der Waals surface area contributed by atoms with E-state index in [-0.39, 0.29) is 10.5 Å². The van der Waals surface area contributed by atoms with Crippen molar-refractivity contribution in [2.24, 2.45) is 0 Å². The van der Waals surface area contributed by atoms with Gasteiger partial charge in [-0.1, -0.05) is 41.1 Å². The number of benzene rings is 2. The van der Waals surface area contributed by atoms with E-state index in [0.29, 0.717) is 23.2 Å². The second-order valence-corrected chi connectivity index (χ2v) is 10.4. The topological polar surface area (TPSA) is 70.6 Å². The summed E-state index contributed by atoms with van der Waals surface area (Å²) >= 11 is 7.66. The van der Waals surface area contributed by atoms with Gasteiger partial charge in [-0.3, -0.25) is 9.69 Å². The maximum atomic E-state index is 13.4. The van der Waals surface area contributed by atoms with Gasteiger partial charge < -0.3 is 4.90 Å². The first-order valence-corrected chi connectivity index (χ1v) is 12.0. The van der Waals surface area contributed by atoms with E-state index in [2.05, 4.69) is 4.98 Å². The molecular weight excluding hydrogens is 430 g/mol. The highest BCUT2D eigenvalue weighted by atomic mass is 35.5. The Morgan fingerprint density at radius 3 is 2.45 bits per heavy atom. The highest BCUT2D eigenvalue weighted by Crippen LogP contribution is 2.36. The van der Waals surface area contributed by atoms with Crippen LogP contribution in [0.2, 0.25) is 5.02 Å². The molecule has 6 nitrogen and oxygen atoms in total. The van der Waals surface area contributed by atoms with Crippen LogP contribution < -0.4 is 4.90 Å². The van der Waals surface area contributed by atoms with Crippen LogP contribution in [0.25, 0.3) is 10.2 Å². The van der Waals surface area contributed by atoms with Gasteiger partial charge in [0.25, 0.3) is 5.91 Å². The minimum absolute atomic E-state index is 0.00942. The SMILES string of the molecule is Cc1ccc(Cl)c2sc(N(CCN(C)C)C(=O)c3ccccc3S(C)(=O)=O)nc12. The number of sulfone groups is 1. The molecule has 0 spiro atoms. The number of fused-ring (bicyclic) bond motifs is 1. The summed E-state index contributed by atoms with van der Waals surface area (Å²) in [5.41, 5.74) is 1.84. The predicted octanol–water partition coefficient (Wildman–Crippen LogP) is 3.87. The Hall–Kier alpha value is -2.00. The fourth-order valence-corrected chi connectivity index (χ4v) is 5.12. The number of nitrogens with zero attached hydrogens (tertiary/aromatic N) is 3. The van der Waals surface area contributed by atoms with Crippen molar-refractivity contribution in [1.82, 2.24) is 9.88 Å². The lowest BCUT2D eigenvalue weighted by molar-refractivity contribution is 0.0982. The van der Waals surface area contributed by atoms with Crippen molar-refractivity contribution in [2.75, 3.05) is 38.3 Å². The summed E-state index contributed by atoms with van der Waals surface area (Å²) in [6, 6.07) is 9.95. The Morgan fingerprint density at radius 2 is 1.83 bits per heavy atom. The second kappa shape index (κ2) is 8.39. The van der Waals surface area contributed by atoms with E-state index >= 15 is 0 Å². The molecule has 154 valence electrons. The minimum atomic E-state index is -3.56. The Bertz CT molecular complexity index is 1130. The van der Waals surface area contributed by atoms with Gasteiger partial charge in [-0.25, -0.2) is 13.4 Å². The Labute approximate surface area is 179 Å². The molecule has 0 aliphatic carbocycles. The lowest BCUT2D eigenvalue weighted by Crippen LogP contribution is -2.37. The molecule has 29 heavy (non-hydrogen) atoms. The van der Waals surface area contributed by atoms with Crippen LogP contribution >= 0.6 is 22.9 Å². The van der Waals surface area contributed by atoms with E-state index in [0.717, 1.165) is 22.0 Å². The molecule has 0 bridgehead atoms. The Kier molecular flexibility index (Phi) is 6.28. The maximum absolute atomic E-state index is 13.4. The van der Waals surface area contributed by atoms with Crippen LogP contribution in [-0.2, 0) is 9.84 Å². The Morgan fingerprint density at radius 1 is 1.14 bits per heavy atom. The van der Waals surface area contributed by atoms with Gasteiger partial charge in [0, 0.05) is 19.3 Å². The third-order valence-corrected chi connectivity index (χ3v) is 7.14. The standard InChI is InChI=1S/C20H22ClN3O3S2/c1-13-9-10-15(21)18-17(13)22-20(28-18)24(12-11-23(2)3)19(25)14-7-5-6-8-16(14)29(4,26)27/h5-10H,11-12H2,1-4H3. The average Bonchev–Trinajstić information content (AvgIpc) is 3.10. The van der Waals surface area contributed by atoms with E-state index in [4.69, 9.17) is 11.6 Å². The van der Waals surface area contributed by atoms with Crippen molar-refractivity contribution in [2.45, 2.75) is 11.8 Å². The van der Waals surface area contributed by atoms with Crippen molar-refractivity contribution < 1.29 is 13.2 Å². The molecule has 0 unspecified atom stereocenters. The normalized spacial score (nSPS) is 11.9. The molecule has 0 N–H and O–H groups in total. The largest absolute Gasteiger partial charge is 0.308 e. The number of aryl methyl sites for hydroxylation is 1. The van der Waals surface area contributed by atoms with Gasteiger partial charge in [0.05, 0.1) is 25.7 Å². The van der Waals surface area contributed by atoms with Crippen molar-refractivity contribution in [1.29, 1.82) is 0 Å². The van der Waals surface area contributed by atoms with Crippen LogP contribution in [0.3, 0.4) is 0 Å². The lowest BCUT2D eigenvalue weighted by atomic mass is 10.2. The first kappa shape index (κ1) is 21.7. The molecule has 1 aromatic heterocycles. The molecule has 0 aliphatic rings. The molecule has 1 heterocycles. The number of hydrogen-bond acceptors (Lipinski definition) is 6. The number of likely N-dealkylation sites (N-methyl/N-ethyl adjacent to an activating group) is 1. The van der Waals surface area contributed by atoms with E-state index in [1.54, 1.807) is 12.1 Å². The van der Waals surface area contributed by atoms with Crippen LogP contribution in [-0.4, -0.2) is 57.6 Å². The monoisotopic (exact) mass is 451 g/mol. The molecule has 1 amide bonds. The summed E-state index contributed by atoms with van der Waals surface area (Å²) in [6.07, 6.45) is 1.10. The van der Waals surface area contributed by atoms with Crippen LogP contribution in [0.5, 0.6) is 0 Å². The number of carbonyl (C=O) groups is 1. The number of thiazole rings is 1. The van der Waals surface area contributed by atoms with Crippen LogP contribution in [0.1, 0.15) is 15.9 Å². The van der Waals surface area contributed by atoms with E-state index in [1.165, 1.54) is 28.4 Å². The first-order chi connectivity index (χ1) is 13.6. The zero-order valence-electron chi connectivity index (χ0n) is 16.6. The number of hydrogen-bond donors (Lipinski definition) is 0. The van der Waals surface area contributed by atoms with Gasteiger partial charge in [0.1, 0.15) is 0 Å². The third kappa shape index (κ3) is 4.61. The number of anilines is 1. The molecule has 3 rings (SSSR count). The van der Waals surface area contributed by atoms with Gasteiger partial charge in [-0.2, -0.15) is 0 Å². The zero-order chi connectivity index (χ0) is 21.3. The van der Waals surface area contributed by atoms with Gasteiger partial charge >= 0.3 is 0 Å². The molecule has 0 fully saturated rings. The van der Waals surface area contributed by atoms with Crippen LogP contribution in [0, 0.1) is 6.92 Å². The fraction of sp³-hybridized carbons (Fsp3) is 0.300.